The van der Waals surface area contributed by atoms with Crippen molar-refractivity contribution in [3.05, 3.63) is 146 Å². The zero-order valence-electron chi connectivity index (χ0n) is 25.1. The first-order valence-corrected chi connectivity index (χ1v) is 15.6. The average Bonchev–Trinajstić information content (AvgIpc) is 3.53. The zero-order chi connectivity index (χ0) is 30.9. The molecule has 0 bridgehead atoms. The molecule has 0 radical (unpaired) electrons. The molecule has 0 saturated carbocycles. The predicted molar refractivity (Wildman–Crippen MR) is 191 cm³/mol. The molecule has 10 rings (SSSR count). The van der Waals surface area contributed by atoms with Gasteiger partial charge in [-0.2, -0.15) is 0 Å². The minimum absolute atomic E-state index is 0.570. The minimum atomic E-state index is 0.570. The summed E-state index contributed by atoms with van der Waals surface area (Å²) in [5.74, 6) is 1.79. The Morgan fingerprint density at radius 2 is 1.04 bits per heavy atom. The molecule has 0 aliphatic rings. The van der Waals surface area contributed by atoms with Gasteiger partial charge in [-0.15, -0.1) is 0 Å². The Hall–Kier alpha value is -6.46. The SMILES string of the molecule is c1ccc2cc(-c3nc(-c4ccc5ccc6c7ccccc7ccc6c5c4)nc(-c4cccc5oc6cccnc6c45)n3)ccc2c1. The van der Waals surface area contributed by atoms with Crippen molar-refractivity contribution in [1.82, 2.24) is 19.9 Å². The molecule has 10 aromatic rings. The van der Waals surface area contributed by atoms with Crippen LogP contribution >= 0.6 is 0 Å². The average molecular weight is 601 g/mol. The standard InChI is InChI=1S/C42H24N4O/c1-2-9-28-23-29(16-14-25(28)7-1)40-44-41(46-42(45-40)34-11-5-12-36-38(34)39-37(47-36)13-6-22-43-39)30-17-15-27-19-20-32-31-10-4-3-8-26(31)18-21-33(32)35(27)24-30/h1-24H. The molecular weight excluding hydrogens is 576 g/mol. The van der Waals surface area contributed by atoms with E-state index in [2.05, 4.69) is 114 Å². The van der Waals surface area contributed by atoms with E-state index in [0.29, 0.717) is 17.5 Å². The van der Waals surface area contributed by atoms with Crippen LogP contribution in [0.2, 0.25) is 0 Å². The van der Waals surface area contributed by atoms with Crippen molar-refractivity contribution in [3.63, 3.8) is 0 Å². The topological polar surface area (TPSA) is 64.7 Å². The second kappa shape index (κ2) is 10.0. The van der Waals surface area contributed by atoms with E-state index in [-0.39, 0.29) is 0 Å². The first kappa shape index (κ1) is 25.8. The smallest absolute Gasteiger partial charge is 0.164 e. The molecule has 7 aromatic carbocycles. The van der Waals surface area contributed by atoms with Crippen molar-refractivity contribution in [2.75, 3.05) is 0 Å². The number of pyridine rings is 1. The van der Waals surface area contributed by atoms with Gasteiger partial charge in [0.2, 0.25) is 0 Å². The van der Waals surface area contributed by atoms with Gasteiger partial charge in [0.25, 0.3) is 0 Å². The number of fused-ring (bicyclic) bond motifs is 9. The van der Waals surface area contributed by atoms with E-state index in [1.807, 2.05) is 30.3 Å². The molecule has 0 fully saturated rings. The lowest BCUT2D eigenvalue weighted by molar-refractivity contribution is 0.668. The lowest BCUT2D eigenvalue weighted by Gasteiger charge is -2.11. The molecule has 0 saturated heterocycles. The van der Waals surface area contributed by atoms with Crippen LogP contribution in [0.5, 0.6) is 0 Å². The first-order valence-electron chi connectivity index (χ1n) is 15.6. The van der Waals surface area contributed by atoms with E-state index in [4.69, 9.17) is 19.4 Å². The molecule has 0 N–H and O–H groups in total. The van der Waals surface area contributed by atoms with Gasteiger partial charge in [0.05, 0.1) is 5.39 Å². The molecule has 5 nitrogen and oxygen atoms in total. The highest BCUT2D eigenvalue weighted by molar-refractivity contribution is 6.17. The Bertz CT molecular complexity index is 2870. The molecule has 5 heteroatoms. The molecule has 3 heterocycles. The quantitative estimate of drug-likeness (QED) is 0.189. The summed E-state index contributed by atoms with van der Waals surface area (Å²) in [6.07, 6.45) is 1.79. The van der Waals surface area contributed by atoms with Crippen LogP contribution in [0.1, 0.15) is 0 Å². The predicted octanol–water partition coefficient (Wildman–Crippen LogP) is 10.8. The Labute approximate surface area is 268 Å². The number of rotatable bonds is 3. The number of hydrogen-bond acceptors (Lipinski definition) is 5. The highest BCUT2D eigenvalue weighted by Crippen LogP contribution is 2.37. The monoisotopic (exact) mass is 600 g/mol. The van der Waals surface area contributed by atoms with Crippen molar-refractivity contribution in [2.45, 2.75) is 0 Å². The van der Waals surface area contributed by atoms with Crippen molar-refractivity contribution in [3.8, 4) is 34.2 Å². The lowest BCUT2D eigenvalue weighted by Crippen LogP contribution is -2.00. The number of hydrogen-bond donors (Lipinski definition) is 0. The summed E-state index contributed by atoms with van der Waals surface area (Å²) in [6, 6.07) is 48.3. The maximum absolute atomic E-state index is 6.18. The third-order valence-electron chi connectivity index (χ3n) is 9.14. The van der Waals surface area contributed by atoms with Crippen LogP contribution in [-0.4, -0.2) is 19.9 Å². The molecule has 47 heavy (non-hydrogen) atoms. The van der Waals surface area contributed by atoms with Crippen LogP contribution in [-0.2, 0) is 0 Å². The van der Waals surface area contributed by atoms with E-state index in [9.17, 15) is 0 Å². The van der Waals surface area contributed by atoms with E-state index in [1.165, 1.54) is 32.3 Å². The van der Waals surface area contributed by atoms with Crippen LogP contribution in [0.25, 0.3) is 99.3 Å². The summed E-state index contributed by atoms with van der Waals surface area (Å²) in [5, 5.41) is 10.4. The highest BCUT2D eigenvalue weighted by Gasteiger charge is 2.19. The summed E-state index contributed by atoms with van der Waals surface area (Å²) in [6.45, 7) is 0. The fourth-order valence-corrected chi connectivity index (χ4v) is 6.87. The molecule has 218 valence electrons. The van der Waals surface area contributed by atoms with E-state index < -0.39 is 0 Å². The summed E-state index contributed by atoms with van der Waals surface area (Å²) >= 11 is 0. The normalized spacial score (nSPS) is 11.8. The Balaban J connectivity index is 1.24. The van der Waals surface area contributed by atoms with Crippen molar-refractivity contribution >= 4 is 65.2 Å². The fraction of sp³-hybridized carbons (Fsp3) is 0. The zero-order valence-corrected chi connectivity index (χ0v) is 25.1. The number of nitrogens with zero attached hydrogens (tertiary/aromatic N) is 4. The largest absolute Gasteiger partial charge is 0.454 e. The molecule has 0 atom stereocenters. The molecule has 0 amide bonds. The van der Waals surface area contributed by atoms with Crippen LogP contribution in [0.15, 0.2) is 150 Å². The molecule has 3 aromatic heterocycles. The Kier molecular flexibility index (Phi) is 5.51. The number of benzene rings is 7. The Morgan fingerprint density at radius 1 is 0.404 bits per heavy atom. The fourth-order valence-electron chi connectivity index (χ4n) is 6.87. The number of aromatic nitrogens is 4. The van der Waals surface area contributed by atoms with Crippen molar-refractivity contribution in [2.24, 2.45) is 0 Å². The maximum atomic E-state index is 6.18. The van der Waals surface area contributed by atoms with E-state index in [0.717, 1.165) is 49.5 Å². The van der Waals surface area contributed by atoms with Gasteiger partial charge in [-0.05, 0) is 73.4 Å². The van der Waals surface area contributed by atoms with Gasteiger partial charge in [-0.3, -0.25) is 4.98 Å². The Morgan fingerprint density at radius 3 is 1.89 bits per heavy atom. The van der Waals surface area contributed by atoms with Gasteiger partial charge < -0.3 is 4.42 Å². The van der Waals surface area contributed by atoms with Gasteiger partial charge in [0.1, 0.15) is 11.1 Å². The summed E-state index contributed by atoms with van der Waals surface area (Å²) in [7, 11) is 0. The van der Waals surface area contributed by atoms with Crippen molar-refractivity contribution < 1.29 is 4.42 Å². The van der Waals surface area contributed by atoms with Crippen LogP contribution in [0.4, 0.5) is 0 Å². The molecule has 0 aliphatic heterocycles. The van der Waals surface area contributed by atoms with Crippen molar-refractivity contribution in [1.29, 1.82) is 0 Å². The van der Waals surface area contributed by atoms with Crippen LogP contribution in [0.3, 0.4) is 0 Å². The summed E-state index contributed by atoms with van der Waals surface area (Å²) in [4.78, 5) is 20.0. The van der Waals surface area contributed by atoms with Gasteiger partial charge in [-0.25, -0.2) is 15.0 Å². The first-order chi connectivity index (χ1) is 23.3. The summed E-state index contributed by atoms with van der Waals surface area (Å²) in [5.41, 5.74) is 4.96. The number of furan rings is 1. The molecule has 0 aliphatic carbocycles. The maximum Gasteiger partial charge on any atom is 0.164 e. The molecule has 0 spiro atoms. The van der Waals surface area contributed by atoms with Gasteiger partial charge in [-0.1, -0.05) is 109 Å². The second-order valence-corrected chi connectivity index (χ2v) is 11.9. The van der Waals surface area contributed by atoms with Crippen LogP contribution < -0.4 is 0 Å². The minimum Gasteiger partial charge on any atom is -0.454 e. The molecule has 0 unspecified atom stereocenters. The molecular formula is C42H24N4O. The highest BCUT2D eigenvalue weighted by atomic mass is 16.3. The van der Waals surface area contributed by atoms with E-state index in [1.54, 1.807) is 6.20 Å². The van der Waals surface area contributed by atoms with Gasteiger partial charge in [0.15, 0.2) is 23.1 Å². The van der Waals surface area contributed by atoms with Gasteiger partial charge in [0, 0.05) is 22.9 Å². The third-order valence-corrected chi connectivity index (χ3v) is 9.14. The van der Waals surface area contributed by atoms with Crippen LogP contribution in [0, 0.1) is 0 Å². The lowest BCUT2D eigenvalue weighted by atomic mass is 9.96. The van der Waals surface area contributed by atoms with Gasteiger partial charge >= 0.3 is 0 Å². The summed E-state index contributed by atoms with van der Waals surface area (Å²) < 4.78 is 6.18. The second-order valence-electron chi connectivity index (χ2n) is 11.9. The van der Waals surface area contributed by atoms with E-state index >= 15 is 0 Å². The third kappa shape index (κ3) is 4.10.